The Labute approximate surface area is 116 Å². The van der Waals surface area contributed by atoms with Gasteiger partial charge in [-0.15, -0.1) is 0 Å². The summed E-state index contributed by atoms with van der Waals surface area (Å²) in [6.07, 6.45) is 7.26. The Bertz CT molecular complexity index is 277. The summed E-state index contributed by atoms with van der Waals surface area (Å²) in [5.74, 6) is 0. The van der Waals surface area contributed by atoms with Crippen molar-refractivity contribution >= 4 is 6.03 Å². The van der Waals surface area contributed by atoms with Gasteiger partial charge in [-0.1, -0.05) is 12.8 Å². The van der Waals surface area contributed by atoms with E-state index in [1.807, 2.05) is 0 Å². The first-order chi connectivity index (χ1) is 9.25. The Kier molecular flexibility index (Phi) is 5.92. The highest BCUT2D eigenvalue weighted by atomic mass is 16.2. The maximum atomic E-state index is 11.9. The van der Waals surface area contributed by atoms with Gasteiger partial charge in [0, 0.05) is 25.2 Å². The lowest BCUT2D eigenvalue weighted by Crippen LogP contribution is -2.50. The molecular formula is C14H28N4O. The van der Waals surface area contributed by atoms with Crippen LogP contribution in [0.4, 0.5) is 4.79 Å². The molecule has 5 nitrogen and oxygen atoms in total. The van der Waals surface area contributed by atoms with Crippen molar-refractivity contribution in [1.82, 2.24) is 20.9 Å². The quantitative estimate of drug-likeness (QED) is 0.713. The third-order valence-corrected chi connectivity index (χ3v) is 4.30. The summed E-state index contributed by atoms with van der Waals surface area (Å²) in [5, 5.41) is 9.48. The van der Waals surface area contributed by atoms with E-state index in [0.717, 1.165) is 32.6 Å². The van der Waals surface area contributed by atoms with E-state index in [2.05, 4.69) is 27.9 Å². The van der Waals surface area contributed by atoms with Gasteiger partial charge in [-0.3, -0.25) is 0 Å². The topological polar surface area (TPSA) is 56.4 Å². The fourth-order valence-corrected chi connectivity index (χ4v) is 2.99. The van der Waals surface area contributed by atoms with E-state index in [9.17, 15) is 4.79 Å². The summed E-state index contributed by atoms with van der Waals surface area (Å²) in [6, 6.07) is 0.783. The van der Waals surface area contributed by atoms with Crippen LogP contribution in [-0.4, -0.2) is 56.2 Å². The lowest BCUT2D eigenvalue weighted by Gasteiger charge is -2.32. The molecule has 2 amide bonds. The van der Waals surface area contributed by atoms with Crippen LogP contribution in [0.1, 0.15) is 38.5 Å². The monoisotopic (exact) mass is 268 g/mol. The van der Waals surface area contributed by atoms with Gasteiger partial charge < -0.3 is 20.9 Å². The second-order valence-corrected chi connectivity index (χ2v) is 5.88. The SMILES string of the molecule is CN1CCCCC1CNC(=O)NC1CCCCNC1. The summed E-state index contributed by atoms with van der Waals surface area (Å²) >= 11 is 0. The molecule has 2 fully saturated rings. The molecule has 2 saturated heterocycles. The molecule has 2 atom stereocenters. The van der Waals surface area contributed by atoms with Crippen LogP contribution in [0.25, 0.3) is 0 Å². The van der Waals surface area contributed by atoms with Crippen LogP contribution in [0.2, 0.25) is 0 Å². The molecule has 0 bridgehead atoms. The maximum absolute atomic E-state index is 11.9. The lowest BCUT2D eigenvalue weighted by molar-refractivity contribution is 0.179. The number of nitrogens with one attached hydrogen (secondary N) is 3. The maximum Gasteiger partial charge on any atom is 0.315 e. The molecule has 0 aromatic carbocycles. The smallest absolute Gasteiger partial charge is 0.315 e. The number of hydrogen-bond donors (Lipinski definition) is 3. The molecule has 2 unspecified atom stereocenters. The third kappa shape index (κ3) is 4.99. The van der Waals surface area contributed by atoms with Crippen LogP contribution in [-0.2, 0) is 0 Å². The minimum Gasteiger partial charge on any atom is -0.337 e. The van der Waals surface area contributed by atoms with E-state index in [1.54, 1.807) is 0 Å². The van der Waals surface area contributed by atoms with Gasteiger partial charge in [0.1, 0.15) is 0 Å². The van der Waals surface area contributed by atoms with Gasteiger partial charge in [0.2, 0.25) is 0 Å². The van der Waals surface area contributed by atoms with Gasteiger partial charge >= 0.3 is 6.03 Å². The normalized spacial score (nSPS) is 29.5. The van der Waals surface area contributed by atoms with Crippen molar-refractivity contribution in [2.75, 3.05) is 33.2 Å². The summed E-state index contributed by atoms with van der Waals surface area (Å²) in [4.78, 5) is 14.3. The first-order valence-corrected chi connectivity index (χ1v) is 7.71. The van der Waals surface area contributed by atoms with E-state index in [1.165, 1.54) is 32.1 Å². The molecule has 5 heteroatoms. The molecule has 2 aliphatic rings. The summed E-state index contributed by atoms with van der Waals surface area (Å²) in [6.45, 7) is 3.90. The molecule has 2 heterocycles. The number of hydrogen-bond acceptors (Lipinski definition) is 3. The Balaban J connectivity index is 1.65. The second kappa shape index (κ2) is 7.70. The summed E-state index contributed by atoms with van der Waals surface area (Å²) in [5.41, 5.74) is 0. The lowest BCUT2D eigenvalue weighted by atomic mass is 10.0. The average molecular weight is 268 g/mol. The van der Waals surface area contributed by atoms with Crippen LogP contribution in [0, 0.1) is 0 Å². The predicted molar refractivity (Wildman–Crippen MR) is 77.3 cm³/mol. The Morgan fingerprint density at radius 2 is 2.11 bits per heavy atom. The largest absolute Gasteiger partial charge is 0.337 e. The number of amides is 2. The van der Waals surface area contributed by atoms with Crippen molar-refractivity contribution in [3.63, 3.8) is 0 Å². The molecule has 2 aliphatic heterocycles. The third-order valence-electron chi connectivity index (χ3n) is 4.30. The Hall–Kier alpha value is -0.810. The van der Waals surface area contributed by atoms with Gasteiger partial charge in [-0.25, -0.2) is 4.79 Å². The zero-order chi connectivity index (χ0) is 13.5. The van der Waals surface area contributed by atoms with Crippen LogP contribution < -0.4 is 16.0 Å². The van der Waals surface area contributed by atoms with Crippen LogP contribution >= 0.6 is 0 Å². The number of piperidine rings is 1. The molecule has 19 heavy (non-hydrogen) atoms. The molecule has 0 radical (unpaired) electrons. The number of rotatable bonds is 3. The number of likely N-dealkylation sites (N-methyl/N-ethyl adjacent to an activating group) is 1. The number of carbonyl (C=O) groups is 1. The molecule has 0 aromatic heterocycles. The molecule has 0 spiro atoms. The van der Waals surface area contributed by atoms with E-state index < -0.39 is 0 Å². The fourth-order valence-electron chi connectivity index (χ4n) is 2.99. The number of urea groups is 1. The molecule has 0 saturated carbocycles. The van der Waals surface area contributed by atoms with E-state index in [-0.39, 0.29) is 12.1 Å². The van der Waals surface area contributed by atoms with Gasteiger partial charge in [-0.2, -0.15) is 0 Å². The van der Waals surface area contributed by atoms with Gasteiger partial charge in [0.25, 0.3) is 0 Å². The zero-order valence-corrected chi connectivity index (χ0v) is 12.1. The number of likely N-dealkylation sites (tertiary alicyclic amines) is 1. The van der Waals surface area contributed by atoms with Crippen LogP contribution in [0.3, 0.4) is 0 Å². The first kappa shape index (κ1) is 14.6. The van der Waals surface area contributed by atoms with Crippen molar-refractivity contribution in [3.8, 4) is 0 Å². The van der Waals surface area contributed by atoms with Crippen molar-refractivity contribution in [2.45, 2.75) is 50.6 Å². The van der Waals surface area contributed by atoms with Gasteiger partial charge in [0.15, 0.2) is 0 Å². The van der Waals surface area contributed by atoms with Gasteiger partial charge in [-0.05, 0) is 45.8 Å². The number of carbonyl (C=O) groups excluding carboxylic acids is 1. The number of nitrogens with zero attached hydrogens (tertiary/aromatic N) is 1. The van der Waals surface area contributed by atoms with Gasteiger partial charge in [0.05, 0.1) is 0 Å². The Morgan fingerprint density at radius 3 is 2.95 bits per heavy atom. The first-order valence-electron chi connectivity index (χ1n) is 7.71. The highest BCUT2D eigenvalue weighted by molar-refractivity contribution is 5.74. The molecule has 110 valence electrons. The van der Waals surface area contributed by atoms with Crippen molar-refractivity contribution in [3.05, 3.63) is 0 Å². The standard InChI is InChI=1S/C14H28N4O/c1-18-9-5-3-7-13(18)11-16-14(19)17-12-6-2-4-8-15-10-12/h12-13,15H,2-11H2,1H3,(H2,16,17,19). The minimum absolute atomic E-state index is 0.00678. The van der Waals surface area contributed by atoms with E-state index in [0.29, 0.717) is 6.04 Å². The molecular weight excluding hydrogens is 240 g/mol. The van der Waals surface area contributed by atoms with Crippen molar-refractivity contribution in [2.24, 2.45) is 0 Å². The van der Waals surface area contributed by atoms with Crippen molar-refractivity contribution in [1.29, 1.82) is 0 Å². The zero-order valence-electron chi connectivity index (χ0n) is 12.1. The average Bonchev–Trinajstić information content (AvgIpc) is 2.66. The van der Waals surface area contributed by atoms with E-state index >= 15 is 0 Å². The van der Waals surface area contributed by atoms with Crippen LogP contribution in [0.5, 0.6) is 0 Å². The highest BCUT2D eigenvalue weighted by Gasteiger charge is 2.20. The Morgan fingerprint density at radius 1 is 1.26 bits per heavy atom. The predicted octanol–water partition coefficient (Wildman–Crippen LogP) is 0.912. The summed E-state index contributed by atoms with van der Waals surface area (Å²) in [7, 11) is 2.15. The molecule has 0 aromatic rings. The molecule has 0 aliphatic carbocycles. The fraction of sp³-hybridized carbons (Fsp3) is 0.929. The van der Waals surface area contributed by atoms with E-state index in [4.69, 9.17) is 0 Å². The van der Waals surface area contributed by atoms with Crippen molar-refractivity contribution < 1.29 is 4.79 Å². The molecule has 2 rings (SSSR count). The second-order valence-electron chi connectivity index (χ2n) is 5.88. The van der Waals surface area contributed by atoms with Crippen LogP contribution in [0.15, 0.2) is 0 Å². The molecule has 3 N–H and O–H groups in total. The minimum atomic E-state index is -0.00678. The summed E-state index contributed by atoms with van der Waals surface area (Å²) < 4.78 is 0. The highest BCUT2D eigenvalue weighted by Crippen LogP contribution is 2.13.